The number of carbonyl (C=O) groups excluding carboxylic acids is 4. The Morgan fingerprint density at radius 3 is 2.15 bits per heavy atom. The van der Waals surface area contributed by atoms with Crippen molar-refractivity contribution in [2.75, 3.05) is 19.6 Å². The molecule has 4 fully saturated rings. The zero-order valence-electron chi connectivity index (χ0n) is 29.2. The number of nitrogens with one attached hydrogen (secondary N) is 3. The number of amides is 4. The van der Waals surface area contributed by atoms with Gasteiger partial charge in [-0.15, -0.1) is 12.1 Å². The fourth-order valence-electron chi connectivity index (χ4n) is 7.33. The average Bonchev–Trinajstić information content (AvgIpc) is 3.95. The lowest BCUT2D eigenvalue weighted by atomic mass is 10.0. The predicted molar refractivity (Wildman–Crippen MR) is 191 cm³/mol. The molecule has 3 aliphatic carbocycles. The van der Waals surface area contributed by atoms with Crippen molar-refractivity contribution in [3.8, 4) is 11.1 Å². The van der Waals surface area contributed by atoms with Gasteiger partial charge in [-0.2, -0.15) is 0 Å². The quantitative estimate of drug-likeness (QED) is 0.187. The molecule has 5 atom stereocenters. The first-order chi connectivity index (χ1) is 24.9. The van der Waals surface area contributed by atoms with Gasteiger partial charge in [-0.3, -0.25) is 19.1 Å². The van der Waals surface area contributed by atoms with Crippen LogP contribution in [0.3, 0.4) is 0 Å². The lowest BCUT2D eigenvalue weighted by Gasteiger charge is -2.31. The number of hydrogen-bond donors (Lipinski definition) is 3. The molecule has 2 aromatic rings. The fraction of sp³-hybridized carbons (Fsp3) is 0.486. The molecular weight excluding hydrogens is 689 g/mol. The van der Waals surface area contributed by atoms with Gasteiger partial charge in [0.1, 0.15) is 29.4 Å². The normalized spacial score (nSPS) is 25.2. The van der Waals surface area contributed by atoms with Crippen LogP contribution in [0.5, 0.6) is 0 Å². The maximum Gasteiger partial charge on any atom is 0.428 e. The van der Waals surface area contributed by atoms with E-state index in [1.54, 1.807) is 18.7 Å². The van der Waals surface area contributed by atoms with Gasteiger partial charge in [0.05, 0.1) is 11.8 Å². The molecule has 7 rings (SSSR count). The number of hydroxylamine groups is 1. The van der Waals surface area contributed by atoms with Gasteiger partial charge in [0.15, 0.2) is 0 Å². The van der Waals surface area contributed by atoms with Gasteiger partial charge >= 0.3 is 6.09 Å². The molecule has 2 aromatic carbocycles. The topological polar surface area (TPSA) is 176 Å². The summed E-state index contributed by atoms with van der Waals surface area (Å²) in [6, 6.07) is 13.6. The SMILES string of the molecule is C=C[C@@H]1C[C@@]1(NC(=O)[C@@H]1C[C@@H](ON=C2c3ccccc3-c3ccccc32)CN1C(=O)[C@H](NOC(=O)N1CCCC1)C(C)C)C(=O)NS(=O)(=O)C1CC1. The molecule has 0 radical (unpaired) electrons. The molecule has 2 aliphatic heterocycles. The molecule has 0 spiro atoms. The summed E-state index contributed by atoms with van der Waals surface area (Å²) in [5, 5.41) is 6.73. The van der Waals surface area contributed by atoms with Crippen LogP contribution in [0.2, 0.25) is 0 Å². The molecule has 2 saturated heterocycles. The van der Waals surface area contributed by atoms with Gasteiger partial charge in [0.2, 0.25) is 21.8 Å². The van der Waals surface area contributed by atoms with Crippen molar-refractivity contribution in [2.24, 2.45) is 17.0 Å². The Hall–Kier alpha value is -4.76. The summed E-state index contributed by atoms with van der Waals surface area (Å²) in [6.07, 6.45) is 3.06. The molecule has 3 N–H and O–H groups in total. The van der Waals surface area contributed by atoms with Crippen molar-refractivity contribution in [3.63, 3.8) is 0 Å². The van der Waals surface area contributed by atoms with E-state index in [1.165, 1.54) is 11.0 Å². The molecule has 52 heavy (non-hydrogen) atoms. The van der Waals surface area contributed by atoms with Crippen molar-refractivity contribution in [2.45, 2.75) is 81.3 Å². The van der Waals surface area contributed by atoms with Crippen LogP contribution in [0.25, 0.3) is 11.1 Å². The molecule has 0 bridgehead atoms. The first kappa shape index (κ1) is 35.6. The number of hydrogen-bond acceptors (Lipinski definition) is 10. The lowest BCUT2D eigenvalue weighted by molar-refractivity contribution is -0.144. The Balaban J connectivity index is 1.13. The van der Waals surface area contributed by atoms with Gasteiger partial charge < -0.3 is 24.8 Å². The number of oxime groups is 1. The molecule has 276 valence electrons. The smallest absolute Gasteiger partial charge is 0.390 e. The Morgan fingerprint density at radius 1 is 0.981 bits per heavy atom. The Bertz CT molecular complexity index is 1880. The van der Waals surface area contributed by atoms with Gasteiger partial charge in [-0.25, -0.2) is 13.2 Å². The number of fused-ring (bicyclic) bond motifs is 3. The highest BCUT2D eigenvalue weighted by molar-refractivity contribution is 7.91. The first-order valence-corrected chi connectivity index (χ1v) is 19.4. The summed E-state index contributed by atoms with van der Waals surface area (Å²) in [7, 11) is -3.88. The van der Waals surface area contributed by atoms with E-state index in [-0.39, 0.29) is 25.3 Å². The maximum atomic E-state index is 14.3. The van der Waals surface area contributed by atoms with E-state index in [2.05, 4.69) is 27.3 Å². The average molecular weight is 733 g/mol. The second-order valence-electron chi connectivity index (χ2n) is 14.6. The molecule has 0 aromatic heterocycles. The molecule has 15 heteroatoms. The predicted octanol–water partition coefficient (Wildman–Crippen LogP) is 2.84. The largest absolute Gasteiger partial charge is 0.428 e. The summed E-state index contributed by atoms with van der Waals surface area (Å²) in [6.45, 7) is 8.45. The number of benzene rings is 2. The van der Waals surface area contributed by atoms with Crippen LogP contribution in [0.1, 0.15) is 63.5 Å². The summed E-state index contributed by atoms with van der Waals surface area (Å²) >= 11 is 0. The number of nitrogens with zero attached hydrogens (tertiary/aromatic N) is 3. The zero-order chi connectivity index (χ0) is 36.8. The number of likely N-dealkylation sites (tertiary alicyclic amines) is 2. The van der Waals surface area contributed by atoms with Gasteiger partial charge in [-0.05, 0) is 49.1 Å². The van der Waals surface area contributed by atoms with E-state index in [0.717, 1.165) is 35.1 Å². The maximum absolute atomic E-state index is 14.3. The minimum absolute atomic E-state index is 0.0257. The lowest BCUT2D eigenvalue weighted by Crippen LogP contribution is -2.58. The molecule has 2 saturated carbocycles. The van der Waals surface area contributed by atoms with Crippen molar-refractivity contribution in [3.05, 3.63) is 72.3 Å². The highest BCUT2D eigenvalue weighted by Crippen LogP contribution is 2.45. The highest BCUT2D eigenvalue weighted by atomic mass is 32.2. The van der Waals surface area contributed by atoms with Gasteiger partial charge in [0, 0.05) is 36.6 Å². The second-order valence-corrected chi connectivity index (χ2v) is 16.5. The Labute approximate surface area is 302 Å². The van der Waals surface area contributed by atoms with Crippen molar-refractivity contribution in [1.82, 2.24) is 25.3 Å². The summed E-state index contributed by atoms with van der Waals surface area (Å²) < 4.78 is 27.5. The van der Waals surface area contributed by atoms with Crippen LogP contribution in [0, 0.1) is 11.8 Å². The van der Waals surface area contributed by atoms with Gasteiger partial charge in [-0.1, -0.05) is 73.6 Å². The molecule has 14 nitrogen and oxygen atoms in total. The Morgan fingerprint density at radius 2 is 1.60 bits per heavy atom. The number of rotatable bonds is 12. The van der Waals surface area contributed by atoms with Gasteiger partial charge in [0.25, 0.3) is 5.91 Å². The van der Waals surface area contributed by atoms with Crippen LogP contribution < -0.4 is 15.5 Å². The van der Waals surface area contributed by atoms with Crippen LogP contribution in [-0.4, -0.2) is 96.4 Å². The first-order valence-electron chi connectivity index (χ1n) is 17.9. The Kier molecular flexibility index (Phi) is 9.59. The van der Waals surface area contributed by atoms with E-state index in [4.69, 9.17) is 9.68 Å². The van der Waals surface area contributed by atoms with Crippen LogP contribution >= 0.6 is 0 Å². The van der Waals surface area contributed by atoms with Crippen molar-refractivity contribution < 1.29 is 37.3 Å². The molecule has 2 heterocycles. The minimum atomic E-state index is -3.88. The third-order valence-electron chi connectivity index (χ3n) is 10.6. The van der Waals surface area contributed by atoms with E-state index in [0.29, 0.717) is 31.6 Å². The zero-order valence-corrected chi connectivity index (χ0v) is 30.1. The van der Waals surface area contributed by atoms with Crippen LogP contribution in [0.4, 0.5) is 4.79 Å². The van der Waals surface area contributed by atoms with Crippen LogP contribution in [0.15, 0.2) is 66.3 Å². The summed E-state index contributed by atoms with van der Waals surface area (Å²) in [5.41, 5.74) is 5.58. The standard InChI is InChI=1S/C37H44N6O8S/c1-4-23-20-37(23,35(46)41-52(48,49)25-15-16-25)38-33(44)30-19-24(50-40-32-28-13-7-5-11-26(28)27-12-6-8-14-29(27)32)21-43(30)34(45)31(22(2)3)39-51-36(47)42-17-9-10-18-42/h4-8,11-14,22-25,30-31,39H,1,9-10,15-21H2,2-3H3,(H,38,44)(H,41,46)/t23-,24-,30+,31-,37+/m1/s1. The molecule has 0 unspecified atom stereocenters. The van der Waals surface area contributed by atoms with E-state index in [1.807, 2.05) is 48.5 Å². The third kappa shape index (κ3) is 6.78. The monoisotopic (exact) mass is 732 g/mol. The minimum Gasteiger partial charge on any atom is -0.390 e. The fourth-order valence-corrected chi connectivity index (χ4v) is 8.70. The molecular formula is C37H44N6O8S. The van der Waals surface area contributed by atoms with E-state index in [9.17, 15) is 27.6 Å². The summed E-state index contributed by atoms with van der Waals surface area (Å²) in [4.78, 5) is 69.0. The third-order valence-corrected chi connectivity index (χ3v) is 12.4. The van der Waals surface area contributed by atoms with E-state index < -0.39 is 68.7 Å². The second kappa shape index (κ2) is 14.0. The van der Waals surface area contributed by atoms with Crippen molar-refractivity contribution in [1.29, 1.82) is 0 Å². The number of sulfonamides is 1. The van der Waals surface area contributed by atoms with Crippen molar-refractivity contribution >= 4 is 39.5 Å². The molecule has 5 aliphatic rings. The van der Waals surface area contributed by atoms with Crippen LogP contribution in [-0.2, 0) is 34.1 Å². The summed E-state index contributed by atoms with van der Waals surface area (Å²) in [5.74, 6) is -2.85. The highest BCUT2D eigenvalue weighted by Gasteiger charge is 2.62. The van der Waals surface area contributed by atoms with E-state index >= 15 is 0 Å². The number of carbonyl (C=O) groups is 4. The molecule has 4 amide bonds.